The van der Waals surface area contributed by atoms with Gasteiger partial charge in [0.05, 0.1) is 0 Å². The van der Waals surface area contributed by atoms with Crippen molar-refractivity contribution >= 4 is 28.5 Å². The fraction of sp³-hybridized carbons (Fsp3) is 0.364. The molecule has 16 heavy (non-hydrogen) atoms. The number of nitrogen functional groups attached to an aromatic ring is 1. The van der Waals surface area contributed by atoms with Crippen molar-refractivity contribution in [3.8, 4) is 0 Å². The van der Waals surface area contributed by atoms with Gasteiger partial charge in [-0.05, 0) is 18.6 Å². The molecule has 0 bridgehead atoms. The topological polar surface area (TPSA) is 61.3 Å². The number of anilines is 1. The van der Waals surface area contributed by atoms with Gasteiger partial charge in [0, 0.05) is 31.2 Å². The van der Waals surface area contributed by atoms with Crippen molar-refractivity contribution in [1.82, 2.24) is 4.98 Å². The van der Waals surface area contributed by atoms with Crippen molar-refractivity contribution in [3.63, 3.8) is 0 Å². The van der Waals surface area contributed by atoms with E-state index in [0.717, 1.165) is 29.9 Å². The summed E-state index contributed by atoms with van der Waals surface area (Å²) in [5.41, 5.74) is 7.95. The summed E-state index contributed by atoms with van der Waals surface area (Å²) in [6, 6.07) is 5.49. The molecule has 0 saturated carbocycles. The third-order valence-corrected chi connectivity index (χ3v) is 3.03. The predicted molar refractivity (Wildman–Crippen MR) is 65.6 cm³/mol. The minimum absolute atomic E-state index is 0.691. The fourth-order valence-corrected chi connectivity index (χ4v) is 2.09. The molecule has 0 atom stereocenters. The number of methoxy groups -OCH3 is 1. The number of thioether (sulfide) groups is 1. The van der Waals surface area contributed by atoms with Gasteiger partial charge in [-0.25, -0.2) is 4.98 Å². The van der Waals surface area contributed by atoms with Crippen LogP contribution in [0.4, 0.5) is 5.69 Å². The summed E-state index contributed by atoms with van der Waals surface area (Å²) >= 11 is 1.59. The molecule has 2 N–H and O–H groups in total. The van der Waals surface area contributed by atoms with Crippen LogP contribution in [-0.4, -0.2) is 24.5 Å². The maximum absolute atomic E-state index is 5.66. The second-order valence-corrected chi connectivity index (χ2v) is 4.45. The van der Waals surface area contributed by atoms with E-state index in [1.54, 1.807) is 24.9 Å². The van der Waals surface area contributed by atoms with Crippen LogP contribution in [0.2, 0.25) is 0 Å². The van der Waals surface area contributed by atoms with Gasteiger partial charge in [0.2, 0.25) is 0 Å². The van der Waals surface area contributed by atoms with Gasteiger partial charge in [-0.3, -0.25) is 0 Å². The van der Waals surface area contributed by atoms with E-state index in [4.69, 9.17) is 14.9 Å². The van der Waals surface area contributed by atoms with Crippen molar-refractivity contribution in [2.24, 2.45) is 0 Å². The largest absolute Gasteiger partial charge is 0.431 e. The van der Waals surface area contributed by atoms with Gasteiger partial charge in [-0.1, -0.05) is 11.8 Å². The van der Waals surface area contributed by atoms with E-state index >= 15 is 0 Å². The number of benzene rings is 1. The Bertz CT molecular complexity index is 470. The van der Waals surface area contributed by atoms with Crippen molar-refractivity contribution in [3.05, 3.63) is 18.2 Å². The van der Waals surface area contributed by atoms with E-state index in [1.165, 1.54) is 0 Å². The van der Waals surface area contributed by atoms with Crippen LogP contribution in [-0.2, 0) is 4.74 Å². The number of nitrogens with zero attached hydrogens (tertiary/aromatic N) is 1. The SMILES string of the molecule is COCCCSc1nc2ccc(N)cc2o1. The molecule has 0 spiro atoms. The maximum Gasteiger partial charge on any atom is 0.256 e. The molecule has 0 aliphatic heterocycles. The first kappa shape index (κ1) is 11.3. The van der Waals surface area contributed by atoms with Crippen LogP contribution in [0.25, 0.3) is 11.1 Å². The number of rotatable bonds is 5. The molecule has 5 heteroatoms. The molecule has 1 aromatic carbocycles. The number of ether oxygens (including phenoxy) is 1. The van der Waals surface area contributed by atoms with Crippen molar-refractivity contribution in [2.45, 2.75) is 11.6 Å². The Kier molecular flexibility index (Phi) is 3.69. The van der Waals surface area contributed by atoms with Crippen LogP contribution in [0.1, 0.15) is 6.42 Å². The van der Waals surface area contributed by atoms with Crippen molar-refractivity contribution in [1.29, 1.82) is 0 Å². The van der Waals surface area contributed by atoms with Crippen LogP contribution >= 0.6 is 11.8 Å². The van der Waals surface area contributed by atoms with Crippen LogP contribution in [0.5, 0.6) is 0 Å². The van der Waals surface area contributed by atoms with Gasteiger partial charge in [0.1, 0.15) is 5.52 Å². The summed E-state index contributed by atoms with van der Waals surface area (Å²) in [7, 11) is 1.70. The monoisotopic (exact) mass is 238 g/mol. The molecule has 4 nitrogen and oxygen atoms in total. The average molecular weight is 238 g/mol. The van der Waals surface area contributed by atoms with Gasteiger partial charge in [-0.2, -0.15) is 0 Å². The average Bonchev–Trinajstić information content (AvgIpc) is 2.66. The normalized spacial score (nSPS) is 11.1. The number of nitrogens with two attached hydrogens (primary N) is 1. The highest BCUT2D eigenvalue weighted by atomic mass is 32.2. The molecule has 0 radical (unpaired) electrons. The molecule has 2 aromatic rings. The van der Waals surface area contributed by atoms with Gasteiger partial charge in [-0.15, -0.1) is 0 Å². The van der Waals surface area contributed by atoms with E-state index in [-0.39, 0.29) is 0 Å². The highest BCUT2D eigenvalue weighted by molar-refractivity contribution is 7.99. The number of aromatic nitrogens is 1. The second-order valence-electron chi connectivity index (χ2n) is 3.40. The van der Waals surface area contributed by atoms with Crippen LogP contribution in [0.3, 0.4) is 0 Å². The molecule has 1 heterocycles. The Balaban J connectivity index is 2.02. The van der Waals surface area contributed by atoms with E-state index in [0.29, 0.717) is 10.9 Å². The third-order valence-electron chi connectivity index (χ3n) is 2.11. The van der Waals surface area contributed by atoms with Crippen molar-refractivity contribution in [2.75, 3.05) is 25.2 Å². The van der Waals surface area contributed by atoms with Crippen LogP contribution in [0.15, 0.2) is 27.8 Å². The maximum atomic E-state index is 5.66. The predicted octanol–water partition coefficient (Wildman–Crippen LogP) is 2.54. The number of hydrogen-bond acceptors (Lipinski definition) is 5. The summed E-state index contributed by atoms with van der Waals surface area (Å²) in [6.45, 7) is 0.764. The molecule has 0 fully saturated rings. The van der Waals surface area contributed by atoms with Gasteiger partial charge < -0.3 is 14.9 Å². The van der Waals surface area contributed by atoms with Crippen molar-refractivity contribution < 1.29 is 9.15 Å². The zero-order valence-electron chi connectivity index (χ0n) is 9.10. The molecule has 86 valence electrons. The lowest BCUT2D eigenvalue weighted by atomic mass is 10.3. The molecule has 0 unspecified atom stereocenters. The summed E-state index contributed by atoms with van der Waals surface area (Å²) in [5.74, 6) is 0.941. The Labute approximate surface area is 98.2 Å². The van der Waals surface area contributed by atoms with Crippen LogP contribution in [0, 0.1) is 0 Å². The first-order valence-corrected chi connectivity index (χ1v) is 6.06. The molecule has 0 saturated heterocycles. The molecule has 0 aliphatic rings. The fourth-order valence-electron chi connectivity index (χ4n) is 1.34. The smallest absolute Gasteiger partial charge is 0.256 e. The summed E-state index contributed by atoms with van der Waals surface area (Å²) in [6.07, 6.45) is 0.988. The van der Waals surface area contributed by atoms with E-state index < -0.39 is 0 Å². The molecule has 0 amide bonds. The second kappa shape index (κ2) is 5.23. The molecular weight excluding hydrogens is 224 g/mol. The first-order chi connectivity index (χ1) is 7.79. The summed E-state index contributed by atoms with van der Waals surface area (Å²) < 4.78 is 10.5. The zero-order chi connectivity index (χ0) is 11.4. The molecule has 0 aliphatic carbocycles. The summed E-state index contributed by atoms with van der Waals surface area (Å²) in [5, 5.41) is 0.691. The molecular formula is C11H14N2O2S. The Morgan fingerprint density at radius 2 is 2.38 bits per heavy atom. The molecule has 2 rings (SSSR count). The quantitative estimate of drug-likeness (QED) is 0.492. The van der Waals surface area contributed by atoms with Gasteiger partial charge >= 0.3 is 0 Å². The minimum Gasteiger partial charge on any atom is -0.431 e. The van der Waals surface area contributed by atoms with Gasteiger partial charge in [0.25, 0.3) is 5.22 Å². The minimum atomic E-state index is 0.691. The Morgan fingerprint density at radius 1 is 1.50 bits per heavy atom. The lowest BCUT2D eigenvalue weighted by molar-refractivity contribution is 0.200. The Morgan fingerprint density at radius 3 is 3.19 bits per heavy atom. The van der Waals surface area contributed by atoms with E-state index in [1.807, 2.05) is 12.1 Å². The standard InChI is InChI=1S/C11H14N2O2S/c1-14-5-2-6-16-11-13-9-4-3-8(12)7-10(9)15-11/h3-4,7H,2,5-6,12H2,1H3. The Hall–Kier alpha value is -1.20. The lowest BCUT2D eigenvalue weighted by Gasteiger charge is -1.95. The number of hydrogen-bond donors (Lipinski definition) is 1. The summed E-state index contributed by atoms with van der Waals surface area (Å²) in [4.78, 5) is 4.35. The first-order valence-electron chi connectivity index (χ1n) is 5.07. The third kappa shape index (κ3) is 2.68. The molecule has 1 aromatic heterocycles. The highest BCUT2D eigenvalue weighted by Crippen LogP contribution is 2.25. The number of oxazole rings is 1. The van der Waals surface area contributed by atoms with Gasteiger partial charge in [0.15, 0.2) is 5.58 Å². The highest BCUT2D eigenvalue weighted by Gasteiger charge is 2.05. The number of fused-ring (bicyclic) bond motifs is 1. The van der Waals surface area contributed by atoms with Crippen LogP contribution < -0.4 is 5.73 Å². The lowest BCUT2D eigenvalue weighted by Crippen LogP contribution is -1.89. The van der Waals surface area contributed by atoms with E-state index in [2.05, 4.69) is 4.98 Å². The zero-order valence-corrected chi connectivity index (χ0v) is 9.92. The van der Waals surface area contributed by atoms with E-state index in [9.17, 15) is 0 Å².